The lowest BCUT2D eigenvalue weighted by Gasteiger charge is -2.18. The summed E-state index contributed by atoms with van der Waals surface area (Å²) in [6, 6.07) is 8.39. The van der Waals surface area contributed by atoms with E-state index in [0.717, 1.165) is 5.75 Å². The van der Waals surface area contributed by atoms with Gasteiger partial charge in [0.1, 0.15) is 5.75 Å². The maximum absolute atomic E-state index is 6.00. The number of thiophene rings is 1. The summed E-state index contributed by atoms with van der Waals surface area (Å²) < 4.78 is 7.31. The summed E-state index contributed by atoms with van der Waals surface area (Å²) in [4.78, 5) is 0. The van der Waals surface area contributed by atoms with Gasteiger partial charge in [-0.2, -0.15) is 0 Å². The maximum atomic E-state index is 6.00. The molecular formula is C11H14OSSi. The van der Waals surface area contributed by atoms with Crippen molar-refractivity contribution in [3.63, 3.8) is 0 Å². The highest BCUT2D eigenvalue weighted by atomic mass is 32.1. The molecule has 0 N–H and O–H groups in total. The Morgan fingerprint density at radius 1 is 1.14 bits per heavy atom. The van der Waals surface area contributed by atoms with E-state index in [0.29, 0.717) is 0 Å². The topological polar surface area (TPSA) is 9.23 Å². The quantitative estimate of drug-likeness (QED) is 0.695. The number of hydrogen-bond donors (Lipinski definition) is 0. The first-order valence-electron chi connectivity index (χ1n) is 4.71. The molecule has 0 radical (unpaired) electrons. The zero-order valence-corrected chi connectivity index (χ0v) is 10.5. The second-order valence-corrected chi connectivity index (χ2v) is 9.65. The minimum atomic E-state index is -1.47. The SMILES string of the molecule is C[Si](C)(C)Oc1csc2ccccc12. The lowest BCUT2D eigenvalue weighted by atomic mass is 10.2. The Kier molecular flexibility index (Phi) is 2.37. The van der Waals surface area contributed by atoms with E-state index in [-0.39, 0.29) is 0 Å². The predicted molar refractivity (Wildman–Crippen MR) is 65.8 cm³/mol. The number of fused-ring (bicyclic) bond motifs is 1. The van der Waals surface area contributed by atoms with Gasteiger partial charge < -0.3 is 4.43 Å². The lowest BCUT2D eigenvalue weighted by Crippen LogP contribution is -2.29. The average molecular weight is 222 g/mol. The number of rotatable bonds is 2. The summed E-state index contributed by atoms with van der Waals surface area (Å²) in [6.07, 6.45) is 0. The largest absolute Gasteiger partial charge is 0.543 e. The molecule has 0 saturated heterocycles. The van der Waals surface area contributed by atoms with Crippen LogP contribution in [0.2, 0.25) is 19.6 Å². The highest BCUT2D eigenvalue weighted by Crippen LogP contribution is 2.33. The minimum Gasteiger partial charge on any atom is -0.543 e. The first-order valence-corrected chi connectivity index (χ1v) is 9.00. The smallest absolute Gasteiger partial charge is 0.242 e. The molecule has 0 fully saturated rings. The van der Waals surface area contributed by atoms with Crippen LogP contribution in [0.15, 0.2) is 29.6 Å². The van der Waals surface area contributed by atoms with Crippen LogP contribution in [-0.2, 0) is 0 Å². The molecule has 1 nitrogen and oxygen atoms in total. The van der Waals surface area contributed by atoms with E-state index in [1.165, 1.54) is 10.1 Å². The third-order valence-corrected chi connectivity index (χ3v) is 3.64. The van der Waals surface area contributed by atoms with E-state index in [9.17, 15) is 0 Å². The fourth-order valence-corrected chi connectivity index (χ4v) is 3.14. The summed E-state index contributed by atoms with van der Waals surface area (Å²) >= 11 is 1.75. The summed E-state index contributed by atoms with van der Waals surface area (Å²) in [5, 5.41) is 3.36. The second-order valence-electron chi connectivity index (χ2n) is 4.31. The molecule has 0 unspecified atom stereocenters. The molecule has 0 bridgehead atoms. The van der Waals surface area contributed by atoms with Crippen molar-refractivity contribution in [3.05, 3.63) is 29.6 Å². The number of hydrogen-bond acceptors (Lipinski definition) is 2. The first kappa shape index (κ1) is 9.74. The highest BCUT2D eigenvalue weighted by Gasteiger charge is 2.18. The maximum Gasteiger partial charge on any atom is 0.242 e. The summed E-state index contributed by atoms with van der Waals surface area (Å²) in [5.74, 6) is 1.06. The molecule has 0 aliphatic rings. The van der Waals surface area contributed by atoms with Crippen molar-refractivity contribution in [2.24, 2.45) is 0 Å². The van der Waals surface area contributed by atoms with Crippen LogP contribution in [0.25, 0.3) is 10.1 Å². The Morgan fingerprint density at radius 3 is 2.57 bits per heavy atom. The van der Waals surface area contributed by atoms with Crippen molar-refractivity contribution in [1.82, 2.24) is 0 Å². The molecule has 0 aliphatic carbocycles. The molecule has 1 heterocycles. The molecule has 1 aromatic heterocycles. The van der Waals surface area contributed by atoms with Crippen LogP contribution in [0, 0.1) is 0 Å². The van der Waals surface area contributed by atoms with E-state index in [4.69, 9.17) is 4.43 Å². The Bertz CT molecular complexity index is 442. The Morgan fingerprint density at radius 2 is 1.86 bits per heavy atom. The Balaban J connectivity index is 2.44. The molecule has 1 aromatic carbocycles. The van der Waals surface area contributed by atoms with Crippen molar-refractivity contribution >= 4 is 29.7 Å². The zero-order valence-electron chi connectivity index (χ0n) is 8.70. The summed E-state index contributed by atoms with van der Waals surface area (Å²) in [5.41, 5.74) is 0. The third-order valence-electron chi connectivity index (χ3n) is 1.86. The van der Waals surface area contributed by atoms with Crippen molar-refractivity contribution in [3.8, 4) is 5.75 Å². The molecule has 74 valence electrons. The van der Waals surface area contributed by atoms with E-state index >= 15 is 0 Å². The van der Waals surface area contributed by atoms with E-state index < -0.39 is 8.32 Å². The van der Waals surface area contributed by atoms with Crippen LogP contribution in [0.4, 0.5) is 0 Å². The van der Waals surface area contributed by atoms with Gasteiger partial charge in [0, 0.05) is 15.5 Å². The Labute approximate surface area is 89.5 Å². The van der Waals surface area contributed by atoms with Crippen LogP contribution >= 0.6 is 11.3 Å². The van der Waals surface area contributed by atoms with Crippen molar-refractivity contribution in [1.29, 1.82) is 0 Å². The van der Waals surface area contributed by atoms with Crippen LogP contribution < -0.4 is 4.43 Å². The van der Waals surface area contributed by atoms with Crippen LogP contribution in [0.5, 0.6) is 5.75 Å². The van der Waals surface area contributed by atoms with Crippen molar-refractivity contribution < 1.29 is 4.43 Å². The van der Waals surface area contributed by atoms with Gasteiger partial charge in [0.25, 0.3) is 0 Å². The molecular weight excluding hydrogens is 208 g/mol. The lowest BCUT2D eigenvalue weighted by molar-refractivity contribution is 0.566. The third kappa shape index (κ3) is 1.99. The average Bonchev–Trinajstić information content (AvgIpc) is 2.47. The van der Waals surface area contributed by atoms with Gasteiger partial charge in [-0.15, -0.1) is 11.3 Å². The molecule has 0 saturated carbocycles. The monoisotopic (exact) mass is 222 g/mol. The van der Waals surface area contributed by atoms with Gasteiger partial charge >= 0.3 is 0 Å². The van der Waals surface area contributed by atoms with Gasteiger partial charge in [-0.1, -0.05) is 12.1 Å². The molecule has 2 rings (SSSR count). The molecule has 0 amide bonds. The molecule has 3 heteroatoms. The van der Waals surface area contributed by atoms with Crippen LogP contribution in [0.1, 0.15) is 0 Å². The fourth-order valence-electron chi connectivity index (χ4n) is 1.36. The molecule has 0 aliphatic heterocycles. The van der Waals surface area contributed by atoms with Gasteiger partial charge in [0.15, 0.2) is 0 Å². The van der Waals surface area contributed by atoms with E-state index in [2.05, 4.69) is 49.3 Å². The zero-order chi connectivity index (χ0) is 10.2. The minimum absolute atomic E-state index is 1.06. The van der Waals surface area contributed by atoms with Gasteiger partial charge in [-0.25, -0.2) is 0 Å². The molecule has 0 spiro atoms. The molecule has 2 aromatic rings. The van der Waals surface area contributed by atoms with Gasteiger partial charge in [-0.3, -0.25) is 0 Å². The van der Waals surface area contributed by atoms with Gasteiger partial charge in [0.2, 0.25) is 8.32 Å². The van der Waals surface area contributed by atoms with Gasteiger partial charge in [-0.05, 0) is 31.8 Å². The van der Waals surface area contributed by atoms with Crippen molar-refractivity contribution in [2.45, 2.75) is 19.6 Å². The highest BCUT2D eigenvalue weighted by molar-refractivity contribution is 7.17. The molecule has 0 atom stereocenters. The summed E-state index contributed by atoms with van der Waals surface area (Å²) in [7, 11) is -1.47. The number of benzene rings is 1. The van der Waals surface area contributed by atoms with Crippen molar-refractivity contribution in [2.75, 3.05) is 0 Å². The van der Waals surface area contributed by atoms with Gasteiger partial charge in [0.05, 0.1) is 0 Å². The van der Waals surface area contributed by atoms with E-state index in [1.54, 1.807) is 11.3 Å². The normalized spacial score (nSPS) is 11.9. The van der Waals surface area contributed by atoms with Crippen LogP contribution in [-0.4, -0.2) is 8.32 Å². The fraction of sp³-hybridized carbons (Fsp3) is 0.273. The predicted octanol–water partition coefficient (Wildman–Crippen LogP) is 4.12. The molecule has 14 heavy (non-hydrogen) atoms. The standard InChI is InChI=1S/C11H14OSSi/c1-14(2,3)12-10-8-13-11-7-5-4-6-9(10)11/h4-8H,1-3H3. The van der Waals surface area contributed by atoms with Crippen LogP contribution in [0.3, 0.4) is 0 Å². The second kappa shape index (κ2) is 3.40. The Hall–Kier alpha value is -0.803. The first-order chi connectivity index (χ1) is 6.56. The van der Waals surface area contributed by atoms with E-state index in [1.807, 2.05) is 0 Å². The summed E-state index contributed by atoms with van der Waals surface area (Å²) in [6.45, 7) is 6.62.